The molecule has 4 atom stereocenters. The van der Waals surface area contributed by atoms with Crippen molar-refractivity contribution >= 4 is 28.9 Å². The number of imidazole rings is 1. The minimum absolute atomic E-state index is 0.142. The van der Waals surface area contributed by atoms with Gasteiger partial charge in [-0.3, -0.25) is 9.36 Å². The van der Waals surface area contributed by atoms with Gasteiger partial charge in [0.2, 0.25) is 0 Å². The first-order chi connectivity index (χ1) is 12.4. The van der Waals surface area contributed by atoms with Gasteiger partial charge in [-0.1, -0.05) is 0 Å². The number of fused-ring (bicyclic) bond motifs is 1. The Morgan fingerprint density at radius 1 is 1.23 bits per heavy atom. The van der Waals surface area contributed by atoms with Crippen LogP contribution >= 0.6 is 0 Å². The van der Waals surface area contributed by atoms with E-state index in [4.69, 9.17) is 20.5 Å². The number of carbonyl (C=O) groups is 2. The minimum Gasteiger partial charge on any atom is -0.462 e. The summed E-state index contributed by atoms with van der Waals surface area (Å²) in [4.78, 5) is 37.4. The molecule has 3 rings (SSSR count). The molecule has 3 heterocycles. The number of rotatable bonds is 5. The average molecular weight is 369 g/mol. The molecular formula is C13H15N5O8. The molecule has 1 aliphatic rings. The lowest BCUT2D eigenvalue weighted by atomic mass is 10.1. The molecule has 140 valence electrons. The highest BCUT2D eigenvalue weighted by Gasteiger charge is 2.45. The fourth-order valence-corrected chi connectivity index (χ4v) is 2.53. The number of hydrogen-bond acceptors (Lipinski definition) is 12. The second-order valence-electron chi connectivity index (χ2n) is 5.45. The van der Waals surface area contributed by atoms with E-state index in [0.717, 1.165) is 0 Å². The highest BCUT2D eigenvalue weighted by atomic mass is 17.1. The summed E-state index contributed by atoms with van der Waals surface area (Å²) >= 11 is 0. The number of aromatic nitrogens is 4. The van der Waals surface area contributed by atoms with Crippen molar-refractivity contribution in [3.63, 3.8) is 0 Å². The largest absolute Gasteiger partial charge is 0.462 e. The van der Waals surface area contributed by atoms with Crippen LogP contribution in [0.5, 0.6) is 0 Å². The van der Waals surface area contributed by atoms with Gasteiger partial charge in [0.15, 0.2) is 17.7 Å². The number of nitrogens with two attached hydrogens (primary N) is 1. The van der Waals surface area contributed by atoms with Crippen LogP contribution in [0.15, 0.2) is 12.7 Å². The smallest absolute Gasteiger partial charge is 0.353 e. The summed E-state index contributed by atoms with van der Waals surface area (Å²) in [5.41, 5.74) is 6.29. The minimum atomic E-state index is -1.38. The quantitative estimate of drug-likeness (QED) is 0.196. The molecule has 0 unspecified atom stereocenters. The van der Waals surface area contributed by atoms with Gasteiger partial charge < -0.3 is 30.3 Å². The number of esters is 1. The molecule has 0 aromatic carbocycles. The fourth-order valence-electron chi connectivity index (χ4n) is 2.53. The highest BCUT2D eigenvalue weighted by Crippen LogP contribution is 2.32. The SMILES string of the molecule is Nc1ncnc2c1ncn2[C@@H]1O[C@H](COC(=O)CC(=O)OO)[C@@H](O)[C@H]1O. The Hall–Kier alpha value is -2.87. The summed E-state index contributed by atoms with van der Waals surface area (Å²) in [6, 6.07) is 0. The van der Waals surface area contributed by atoms with Crippen LogP contribution in [0.3, 0.4) is 0 Å². The molecule has 0 radical (unpaired) electrons. The summed E-state index contributed by atoms with van der Waals surface area (Å²) in [6.45, 7) is -0.435. The maximum atomic E-state index is 11.4. The molecule has 2 aromatic heterocycles. The number of anilines is 1. The summed E-state index contributed by atoms with van der Waals surface area (Å²) in [6.07, 6.45) is -3.15. The zero-order valence-corrected chi connectivity index (χ0v) is 13.1. The third-order valence-corrected chi connectivity index (χ3v) is 3.80. The maximum Gasteiger partial charge on any atom is 0.353 e. The van der Waals surface area contributed by atoms with Crippen LogP contribution in [-0.2, 0) is 24.0 Å². The van der Waals surface area contributed by atoms with Gasteiger partial charge in [0.25, 0.3) is 0 Å². The van der Waals surface area contributed by atoms with E-state index in [2.05, 4.69) is 19.8 Å². The lowest BCUT2D eigenvalue weighted by molar-refractivity contribution is -0.234. The molecule has 2 aromatic rings. The van der Waals surface area contributed by atoms with E-state index in [-0.39, 0.29) is 11.5 Å². The standard InChI is InChI=1S/C13H15N5O8/c14-11-8-12(16-3-15-11)18(4-17-8)13-10(22)9(21)5(25-13)2-24-6(19)1-7(20)26-23/h3-5,9-10,13,21-23H,1-2H2,(H2,14,15,16)/t5-,9-,10-,13-/m1/s1. The monoisotopic (exact) mass is 369 g/mol. The van der Waals surface area contributed by atoms with E-state index in [9.17, 15) is 19.8 Å². The normalized spacial score (nSPS) is 25.3. The lowest BCUT2D eigenvalue weighted by Gasteiger charge is -2.16. The zero-order chi connectivity index (χ0) is 18.8. The van der Waals surface area contributed by atoms with Crippen LogP contribution < -0.4 is 5.73 Å². The van der Waals surface area contributed by atoms with Gasteiger partial charge in [0.05, 0.1) is 6.33 Å². The van der Waals surface area contributed by atoms with E-state index in [1.54, 1.807) is 0 Å². The van der Waals surface area contributed by atoms with Crippen molar-refractivity contribution in [2.75, 3.05) is 12.3 Å². The number of nitrogen functional groups attached to an aromatic ring is 1. The third-order valence-electron chi connectivity index (χ3n) is 3.80. The number of nitrogens with zero attached hydrogens (tertiary/aromatic N) is 4. The zero-order valence-electron chi connectivity index (χ0n) is 13.1. The first-order valence-electron chi connectivity index (χ1n) is 7.37. The number of aliphatic hydroxyl groups excluding tert-OH is 2. The van der Waals surface area contributed by atoms with Crippen LogP contribution in [0.2, 0.25) is 0 Å². The Morgan fingerprint density at radius 2 is 2.00 bits per heavy atom. The Labute approximate surface area is 144 Å². The first-order valence-corrected chi connectivity index (χ1v) is 7.37. The third kappa shape index (κ3) is 3.28. The number of ether oxygens (including phenoxy) is 2. The van der Waals surface area contributed by atoms with E-state index in [1.807, 2.05) is 0 Å². The summed E-state index contributed by atoms with van der Waals surface area (Å²) in [5, 5.41) is 28.4. The number of aliphatic hydroxyl groups is 2. The van der Waals surface area contributed by atoms with E-state index >= 15 is 0 Å². The van der Waals surface area contributed by atoms with Crippen LogP contribution in [0, 0.1) is 0 Å². The summed E-state index contributed by atoms with van der Waals surface area (Å²) < 4.78 is 11.7. The number of hydrogen-bond donors (Lipinski definition) is 4. The first kappa shape index (κ1) is 17.9. The Bertz CT molecular complexity index is 826. The van der Waals surface area contributed by atoms with Gasteiger partial charge in [-0.25, -0.2) is 19.7 Å². The molecular weight excluding hydrogens is 354 g/mol. The molecule has 0 aliphatic carbocycles. The van der Waals surface area contributed by atoms with Crippen LogP contribution in [0.1, 0.15) is 12.6 Å². The van der Waals surface area contributed by atoms with Gasteiger partial charge in [0, 0.05) is 0 Å². The van der Waals surface area contributed by atoms with Crippen molar-refractivity contribution in [1.82, 2.24) is 19.5 Å². The highest BCUT2D eigenvalue weighted by molar-refractivity contribution is 5.90. The van der Waals surface area contributed by atoms with Crippen LogP contribution in [0.25, 0.3) is 11.2 Å². The molecule has 0 bridgehead atoms. The Balaban J connectivity index is 1.70. The van der Waals surface area contributed by atoms with Gasteiger partial charge in [-0.15, -0.1) is 0 Å². The topological polar surface area (TPSA) is 192 Å². The van der Waals surface area contributed by atoms with E-state index in [1.165, 1.54) is 17.2 Å². The van der Waals surface area contributed by atoms with Crippen molar-refractivity contribution < 1.29 is 39.4 Å². The maximum absolute atomic E-state index is 11.4. The van der Waals surface area contributed by atoms with Crippen molar-refractivity contribution in [3.8, 4) is 0 Å². The lowest BCUT2D eigenvalue weighted by Crippen LogP contribution is -2.34. The second kappa shape index (κ2) is 7.17. The van der Waals surface area contributed by atoms with Gasteiger partial charge in [-0.05, 0) is 0 Å². The van der Waals surface area contributed by atoms with E-state index < -0.39 is 49.5 Å². The van der Waals surface area contributed by atoms with Gasteiger partial charge in [0.1, 0.15) is 43.2 Å². The molecule has 5 N–H and O–H groups in total. The molecule has 0 spiro atoms. The molecule has 26 heavy (non-hydrogen) atoms. The molecule has 1 fully saturated rings. The summed E-state index contributed by atoms with van der Waals surface area (Å²) in [7, 11) is 0. The summed E-state index contributed by atoms with van der Waals surface area (Å²) in [5.74, 6) is -2.04. The van der Waals surface area contributed by atoms with Crippen molar-refractivity contribution in [1.29, 1.82) is 0 Å². The van der Waals surface area contributed by atoms with Crippen molar-refractivity contribution in [2.45, 2.75) is 31.0 Å². The van der Waals surface area contributed by atoms with Crippen LogP contribution in [-0.4, -0.2) is 71.8 Å². The molecule has 13 nitrogen and oxygen atoms in total. The average Bonchev–Trinajstić information content (AvgIpc) is 3.16. The Kier molecular flexibility index (Phi) is 4.94. The second-order valence-corrected chi connectivity index (χ2v) is 5.45. The Morgan fingerprint density at radius 3 is 2.73 bits per heavy atom. The number of carbonyl (C=O) groups excluding carboxylic acids is 2. The predicted molar refractivity (Wildman–Crippen MR) is 80.0 cm³/mol. The predicted octanol–water partition coefficient (Wildman–Crippen LogP) is -2.02. The molecule has 0 saturated carbocycles. The van der Waals surface area contributed by atoms with Crippen LogP contribution in [0.4, 0.5) is 5.82 Å². The molecule has 13 heteroatoms. The van der Waals surface area contributed by atoms with Gasteiger partial charge >= 0.3 is 11.9 Å². The fraction of sp³-hybridized carbons (Fsp3) is 0.462. The molecule has 1 saturated heterocycles. The molecule has 1 aliphatic heterocycles. The van der Waals surface area contributed by atoms with Gasteiger partial charge in [-0.2, -0.15) is 5.26 Å². The van der Waals surface area contributed by atoms with Crippen molar-refractivity contribution in [3.05, 3.63) is 12.7 Å². The molecule has 0 amide bonds. The van der Waals surface area contributed by atoms with Crippen molar-refractivity contribution in [2.24, 2.45) is 0 Å². The van der Waals surface area contributed by atoms with E-state index in [0.29, 0.717) is 5.52 Å².